The number of aromatic nitrogens is 3. The highest BCUT2D eigenvalue weighted by molar-refractivity contribution is 9.10. The number of pyridine rings is 1. The van der Waals surface area contributed by atoms with E-state index in [1.165, 1.54) is 24.0 Å². The van der Waals surface area contributed by atoms with Gasteiger partial charge in [-0.25, -0.2) is 9.97 Å². The minimum absolute atomic E-state index is 0.0407. The van der Waals surface area contributed by atoms with Crippen molar-refractivity contribution in [3.8, 4) is 0 Å². The predicted molar refractivity (Wildman–Crippen MR) is 65.9 cm³/mol. The van der Waals surface area contributed by atoms with Crippen molar-refractivity contribution in [2.45, 2.75) is 10.2 Å². The Balaban J connectivity index is 2.29. The van der Waals surface area contributed by atoms with Crippen LogP contribution in [0.4, 0.5) is 5.69 Å². The molecule has 2 heterocycles. The van der Waals surface area contributed by atoms with Crippen LogP contribution in [-0.2, 0) is 7.05 Å². The van der Waals surface area contributed by atoms with Crippen LogP contribution in [0.15, 0.2) is 39.3 Å². The molecule has 0 saturated carbocycles. The Labute approximate surface area is 109 Å². The van der Waals surface area contributed by atoms with Crippen LogP contribution < -0.4 is 0 Å². The van der Waals surface area contributed by atoms with E-state index in [-0.39, 0.29) is 5.69 Å². The second-order valence-electron chi connectivity index (χ2n) is 3.16. The van der Waals surface area contributed by atoms with Crippen LogP contribution in [-0.4, -0.2) is 19.5 Å². The summed E-state index contributed by atoms with van der Waals surface area (Å²) in [6.45, 7) is 0. The van der Waals surface area contributed by atoms with Crippen LogP contribution in [0.3, 0.4) is 0 Å². The molecule has 0 amide bonds. The van der Waals surface area contributed by atoms with Gasteiger partial charge in [-0.05, 0) is 27.7 Å². The van der Waals surface area contributed by atoms with Crippen LogP contribution in [0.2, 0.25) is 0 Å². The van der Waals surface area contributed by atoms with Crippen molar-refractivity contribution in [2.75, 3.05) is 0 Å². The molecule has 0 atom stereocenters. The van der Waals surface area contributed by atoms with Gasteiger partial charge in [0, 0.05) is 25.5 Å². The third-order valence-electron chi connectivity index (χ3n) is 1.97. The maximum atomic E-state index is 10.6. The number of nitrogens with zero attached hydrogens (tertiary/aromatic N) is 4. The highest BCUT2D eigenvalue weighted by Gasteiger charge is 2.13. The fourth-order valence-electron chi connectivity index (χ4n) is 1.13. The minimum atomic E-state index is -0.479. The first kappa shape index (κ1) is 12.1. The molecular weight excluding hydrogens is 308 g/mol. The van der Waals surface area contributed by atoms with E-state index < -0.39 is 4.92 Å². The largest absolute Gasteiger partial charge is 0.329 e. The summed E-state index contributed by atoms with van der Waals surface area (Å²) in [5, 5.41) is 12.0. The number of imidazole rings is 1. The molecule has 2 aromatic heterocycles. The first-order chi connectivity index (χ1) is 8.08. The number of nitro groups is 1. The Morgan fingerprint density at radius 2 is 2.29 bits per heavy atom. The summed E-state index contributed by atoms with van der Waals surface area (Å²) < 4.78 is 2.43. The van der Waals surface area contributed by atoms with Crippen LogP contribution in [0, 0.1) is 10.1 Å². The summed E-state index contributed by atoms with van der Waals surface area (Å²) in [5.74, 6) is 0. The van der Waals surface area contributed by atoms with Crippen molar-refractivity contribution in [1.29, 1.82) is 0 Å². The minimum Gasteiger partial charge on any atom is -0.329 e. The molecule has 0 aromatic carbocycles. The summed E-state index contributed by atoms with van der Waals surface area (Å²) in [5.41, 5.74) is -0.0407. The van der Waals surface area contributed by atoms with Gasteiger partial charge in [0.25, 0.3) is 5.69 Å². The number of halogens is 1. The summed E-state index contributed by atoms with van der Waals surface area (Å²) in [6, 6.07) is 1.43. The van der Waals surface area contributed by atoms with Crippen molar-refractivity contribution < 1.29 is 4.92 Å². The first-order valence-corrected chi connectivity index (χ1v) is 6.14. The molecule has 0 aliphatic rings. The van der Waals surface area contributed by atoms with Gasteiger partial charge in [-0.3, -0.25) is 10.1 Å². The Hall–Kier alpha value is -1.41. The lowest BCUT2D eigenvalue weighted by Crippen LogP contribution is -1.93. The van der Waals surface area contributed by atoms with Gasteiger partial charge in [0.15, 0.2) is 5.16 Å². The third-order valence-corrected chi connectivity index (χ3v) is 3.93. The Bertz CT molecular complexity index is 572. The van der Waals surface area contributed by atoms with Crippen molar-refractivity contribution >= 4 is 33.4 Å². The van der Waals surface area contributed by atoms with Crippen molar-refractivity contribution in [3.63, 3.8) is 0 Å². The van der Waals surface area contributed by atoms with E-state index in [0.29, 0.717) is 9.50 Å². The topological polar surface area (TPSA) is 73.8 Å². The molecule has 6 nitrogen and oxygen atoms in total. The summed E-state index contributed by atoms with van der Waals surface area (Å²) in [7, 11) is 1.87. The van der Waals surface area contributed by atoms with Crippen LogP contribution in [0.5, 0.6) is 0 Å². The third kappa shape index (κ3) is 2.64. The lowest BCUT2D eigenvalue weighted by atomic mass is 10.4. The fourth-order valence-corrected chi connectivity index (χ4v) is 2.46. The normalized spacial score (nSPS) is 10.5. The summed E-state index contributed by atoms with van der Waals surface area (Å²) in [6.07, 6.45) is 4.74. The molecule has 0 aliphatic carbocycles. The summed E-state index contributed by atoms with van der Waals surface area (Å²) >= 11 is 4.60. The zero-order chi connectivity index (χ0) is 12.4. The average Bonchev–Trinajstić information content (AvgIpc) is 2.67. The van der Waals surface area contributed by atoms with Gasteiger partial charge in [-0.1, -0.05) is 0 Å². The Morgan fingerprint density at radius 3 is 2.82 bits per heavy atom. The quantitative estimate of drug-likeness (QED) is 0.643. The van der Waals surface area contributed by atoms with Crippen molar-refractivity contribution in [3.05, 3.63) is 39.2 Å². The molecule has 0 radical (unpaired) electrons. The molecule has 17 heavy (non-hydrogen) atoms. The van der Waals surface area contributed by atoms with Gasteiger partial charge in [0.1, 0.15) is 11.2 Å². The molecule has 0 bridgehead atoms. The van der Waals surface area contributed by atoms with Gasteiger partial charge < -0.3 is 4.57 Å². The van der Waals surface area contributed by atoms with Gasteiger partial charge in [-0.2, -0.15) is 0 Å². The molecule has 0 fully saturated rings. The monoisotopic (exact) mass is 314 g/mol. The van der Waals surface area contributed by atoms with Gasteiger partial charge in [0.05, 0.1) is 9.40 Å². The smallest absolute Gasteiger partial charge is 0.288 e. The molecular formula is C9H7BrN4O2S. The second-order valence-corrected chi connectivity index (χ2v) is 4.97. The molecule has 8 heteroatoms. The van der Waals surface area contributed by atoms with Crippen LogP contribution >= 0.6 is 27.7 Å². The zero-order valence-corrected chi connectivity index (χ0v) is 11.1. The molecule has 0 saturated heterocycles. The maximum Gasteiger partial charge on any atom is 0.288 e. The average molecular weight is 315 g/mol. The van der Waals surface area contributed by atoms with E-state index in [1.54, 1.807) is 6.20 Å². The molecule has 2 aromatic rings. The Kier molecular flexibility index (Phi) is 3.43. The van der Waals surface area contributed by atoms with E-state index >= 15 is 0 Å². The summed E-state index contributed by atoms with van der Waals surface area (Å²) in [4.78, 5) is 18.3. The van der Waals surface area contributed by atoms with Gasteiger partial charge in [-0.15, -0.1) is 0 Å². The molecule has 0 unspecified atom stereocenters. The second kappa shape index (κ2) is 4.84. The van der Waals surface area contributed by atoms with E-state index in [9.17, 15) is 10.1 Å². The molecule has 0 N–H and O–H groups in total. The zero-order valence-electron chi connectivity index (χ0n) is 8.70. The Morgan fingerprint density at radius 1 is 1.53 bits per heavy atom. The fraction of sp³-hybridized carbons (Fsp3) is 0.111. The predicted octanol–water partition coefficient (Wildman–Crippen LogP) is 2.64. The number of hydrogen-bond donors (Lipinski definition) is 0. The number of aryl methyl sites for hydroxylation is 1. The standard InChI is InChI=1S/C9H7BrN4O2S/c1-13-3-2-11-9(13)17-8-7(10)4-6(5-12-8)14(15)16/h2-5H,1H3. The lowest BCUT2D eigenvalue weighted by Gasteiger charge is -2.02. The van der Waals surface area contributed by atoms with E-state index in [2.05, 4.69) is 25.9 Å². The van der Waals surface area contributed by atoms with Gasteiger partial charge >= 0.3 is 0 Å². The molecule has 0 aliphatic heterocycles. The van der Waals surface area contributed by atoms with Gasteiger partial charge in [0.2, 0.25) is 0 Å². The van der Waals surface area contributed by atoms with Crippen molar-refractivity contribution in [1.82, 2.24) is 14.5 Å². The van der Waals surface area contributed by atoms with E-state index in [0.717, 1.165) is 5.16 Å². The molecule has 88 valence electrons. The lowest BCUT2D eigenvalue weighted by molar-refractivity contribution is -0.385. The number of hydrogen-bond acceptors (Lipinski definition) is 5. The highest BCUT2D eigenvalue weighted by atomic mass is 79.9. The van der Waals surface area contributed by atoms with Crippen molar-refractivity contribution in [2.24, 2.45) is 7.05 Å². The molecule has 2 rings (SSSR count). The van der Waals surface area contributed by atoms with E-state index in [4.69, 9.17) is 0 Å². The van der Waals surface area contributed by atoms with E-state index in [1.807, 2.05) is 17.8 Å². The number of rotatable bonds is 3. The highest BCUT2D eigenvalue weighted by Crippen LogP contribution is 2.32. The first-order valence-electron chi connectivity index (χ1n) is 4.53. The van der Waals surface area contributed by atoms with Crippen LogP contribution in [0.25, 0.3) is 0 Å². The van der Waals surface area contributed by atoms with Crippen LogP contribution in [0.1, 0.15) is 0 Å². The maximum absolute atomic E-state index is 10.6. The molecule has 0 spiro atoms. The SMILES string of the molecule is Cn1ccnc1Sc1ncc([N+](=O)[O-])cc1Br.